The lowest BCUT2D eigenvalue weighted by molar-refractivity contribution is 1.16. The van der Waals surface area contributed by atoms with Crippen molar-refractivity contribution in [3.8, 4) is 0 Å². The Hall–Kier alpha value is -0.520. The van der Waals surface area contributed by atoms with E-state index in [9.17, 15) is 0 Å². The van der Waals surface area contributed by atoms with Gasteiger partial charge in [-0.3, -0.25) is 0 Å². The highest BCUT2D eigenvalue weighted by Crippen LogP contribution is 2.08. The Kier molecular flexibility index (Phi) is 4.10. The molecule has 0 atom stereocenters. The van der Waals surface area contributed by atoms with E-state index in [2.05, 4.69) is 40.7 Å². The van der Waals surface area contributed by atoms with Crippen LogP contribution in [-0.4, -0.2) is 0 Å². The maximum absolute atomic E-state index is 3.94. The number of allylic oxidation sites excluding steroid dienone is 4. The minimum atomic E-state index is 1.00. The molecule has 0 spiro atoms. The predicted molar refractivity (Wildman–Crippen MR) is 47.8 cm³/mol. The fraction of sp³-hybridized carbons (Fsp3) is 0.500. The summed E-state index contributed by atoms with van der Waals surface area (Å²) >= 11 is 0. The predicted octanol–water partition coefficient (Wildman–Crippen LogP) is 3.51. The molecular weight excluding hydrogens is 120 g/mol. The lowest BCUT2D eigenvalue weighted by Gasteiger charge is -1.98. The van der Waals surface area contributed by atoms with E-state index in [1.165, 1.54) is 16.7 Å². The summed E-state index contributed by atoms with van der Waals surface area (Å²) in [5.74, 6) is 0. The Balaban J connectivity index is 3.94. The first-order valence-corrected chi connectivity index (χ1v) is 3.65. The van der Waals surface area contributed by atoms with Crippen molar-refractivity contribution in [1.82, 2.24) is 0 Å². The normalized spacial score (nSPS) is 8.90. The van der Waals surface area contributed by atoms with Crippen LogP contribution in [0.3, 0.4) is 0 Å². The molecule has 0 heterocycles. The smallest absolute Gasteiger partial charge is 0.0134 e. The number of rotatable bonds is 2. The van der Waals surface area contributed by atoms with Gasteiger partial charge in [0.05, 0.1) is 0 Å². The zero-order valence-electron chi connectivity index (χ0n) is 7.49. The fourth-order valence-corrected chi connectivity index (χ4v) is 0.531. The molecule has 0 aliphatic heterocycles. The molecule has 0 aromatic rings. The van der Waals surface area contributed by atoms with Gasteiger partial charge in [-0.05, 0) is 41.0 Å². The Morgan fingerprint density at radius 2 is 1.70 bits per heavy atom. The SMILES string of the molecule is [CH2]C(CC=C(C)C)=C(C)C. The van der Waals surface area contributed by atoms with Crippen LogP contribution in [0, 0.1) is 6.92 Å². The summed E-state index contributed by atoms with van der Waals surface area (Å²) in [6.07, 6.45) is 3.21. The topological polar surface area (TPSA) is 0 Å². The molecule has 0 aliphatic carbocycles. The molecule has 0 fully saturated rings. The van der Waals surface area contributed by atoms with Gasteiger partial charge in [0, 0.05) is 0 Å². The quantitative estimate of drug-likeness (QED) is 0.511. The average molecular weight is 137 g/mol. The van der Waals surface area contributed by atoms with Gasteiger partial charge in [-0.15, -0.1) is 0 Å². The van der Waals surface area contributed by atoms with Crippen LogP contribution in [0.2, 0.25) is 0 Å². The maximum atomic E-state index is 3.94. The van der Waals surface area contributed by atoms with Crippen molar-refractivity contribution in [3.05, 3.63) is 29.7 Å². The largest absolute Gasteiger partial charge is 0.0818 e. The second-order valence-electron chi connectivity index (χ2n) is 3.09. The lowest BCUT2D eigenvalue weighted by atomic mass is 10.1. The van der Waals surface area contributed by atoms with E-state index in [-0.39, 0.29) is 0 Å². The first-order valence-electron chi connectivity index (χ1n) is 3.65. The average Bonchev–Trinajstić information content (AvgIpc) is 1.82. The summed E-state index contributed by atoms with van der Waals surface area (Å²) in [6.45, 7) is 12.4. The standard InChI is InChI=1S/C10H17/c1-8(2)6-7-10(5)9(3)4/h6H,5,7H2,1-4H3. The molecule has 0 N–H and O–H groups in total. The summed E-state index contributed by atoms with van der Waals surface area (Å²) in [7, 11) is 0. The molecule has 0 heteroatoms. The van der Waals surface area contributed by atoms with E-state index in [4.69, 9.17) is 0 Å². The molecule has 0 saturated carbocycles. The van der Waals surface area contributed by atoms with Crippen LogP contribution >= 0.6 is 0 Å². The lowest BCUT2D eigenvalue weighted by Crippen LogP contribution is -1.78. The second-order valence-corrected chi connectivity index (χ2v) is 3.09. The molecule has 0 aromatic carbocycles. The summed E-state index contributed by atoms with van der Waals surface area (Å²) in [4.78, 5) is 0. The van der Waals surface area contributed by atoms with Crippen LogP contribution in [0.5, 0.6) is 0 Å². The first kappa shape index (κ1) is 9.48. The highest BCUT2D eigenvalue weighted by Gasteiger charge is 1.88. The van der Waals surface area contributed by atoms with Gasteiger partial charge in [0.15, 0.2) is 0 Å². The molecule has 0 aliphatic rings. The zero-order valence-corrected chi connectivity index (χ0v) is 7.49. The molecule has 1 radical (unpaired) electrons. The van der Waals surface area contributed by atoms with Crippen molar-refractivity contribution in [3.63, 3.8) is 0 Å². The van der Waals surface area contributed by atoms with Gasteiger partial charge >= 0.3 is 0 Å². The first-order chi connectivity index (χ1) is 4.54. The van der Waals surface area contributed by atoms with E-state index in [0.717, 1.165) is 6.42 Å². The number of hydrogen-bond acceptors (Lipinski definition) is 0. The van der Waals surface area contributed by atoms with E-state index in [1.807, 2.05) is 0 Å². The molecule has 0 bridgehead atoms. The molecule has 0 aromatic heterocycles. The monoisotopic (exact) mass is 137 g/mol. The van der Waals surface area contributed by atoms with Crippen LogP contribution < -0.4 is 0 Å². The Morgan fingerprint density at radius 1 is 1.20 bits per heavy atom. The fourth-order valence-electron chi connectivity index (χ4n) is 0.531. The van der Waals surface area contributed by atoms with Crippen LogP contribution in [-0.2, 0) is 0 Å². The highest BCUT2D eigenvalue weighted by molar-refractivity contribution is 5.17. The van der Waals surface area contributed by atoms with Crippen LogP contribution in [0.4, 0.5) is 0 Å². The van der Waals surface area contributed by atoms with Crippen molar-refractivity contribution < 1.29 is 0 Å². The van der Waals surface area contributed by atoms with Crippen molar-refractivity contribution >= 4 is 0 Å². The molecule has 57 valence electrons. The van der Waals surface area contributed by atoms with E-state index in [1.54, 1.807) is 0 Å². The summed E-state index contributed by atoms with van der Waals surface area (Å²) < 4.78 is 0. The van der Waals surface area contributed by atoms with E-state index >= 15 is 0 Å². The zero-order chi connectivity index (χ0) is 8.15. The molecule has 0 nitrogen and oxygen atoms in total. The molecular formula is C10H17. The van der Waals surface area contributed by atoms with Crippen molar-refractivity contribution in [2.45, 2.75) is 34.1 Å². The molecule has 0 saturated heterocycles. The Bertz CT molecular complexity index is 151. The highest BCUT2D eigenvalue weighted by atomic mass is 13.9. The third-order valence-corrected chi connectivity index (χ3v) is 1.46. The second kappa shape index (κ2) is 4.32. The van der Waals surface area contributed by atoms with Crippen molar-refractivity contribution in [1.29, 1.82) is 0 Å². The van der Waals surface area contributed by atoms with E-state index in [0.29, 0.717) is 0 Å². The molecule has 0 unspecified atom stereocenters. The van der Waals surface area contributed by atoms with Gasteiger partial charge in [-0.1, -0.05) is 22.8 Å². The minimum Gasteiger partial charge on any atom is -0.0818 e. The van der Waals surface area contributed by atoms with Crippen LogP contribution in [0.15, 0.2) is 22.8 Å². The Morgan fingerprint density at radius 3 is 2.00 bits per heavy atom. The third kappa shape index (κ3) is 4.37. The Labute approximate surface area is 64.6 Å². The van der Waals surface area contributed by atoms with Gasteiger partial charge in [0.2, 0.25) is 0 Å². The van der Waals surface area contributed by atoms with Gasteiger partial charge in [0.25, 0.3) is 0 Å². The summed E-state index contributed by atoms with van der Waals surface area (Å²) in [5.41, 5.74) is 3.93. The molecule has 0 amide bonds. The van der Waals surface area contributed by atoms with Gasteiger partial charge < -0.3 is 0 Å². The number of hydrogen-bond donors (Lipinski definition) is 0. The molecule has 10 heavy (non-hydrogen) atoms. The van der Waals surface area contributed by atoms with Gasteiger partial charge in [-0.2, -0.15) is 0 Å². The summed E-state index contributed by atoms with van der Waals surface area (Å²) in [6, 6.07) is 0. The summed E-state index contributed by atoms with van der Waals surface area (Å²) in [5, 5.41) is 0. The third-order valence-electron chi connectivity index (χ3n) is 1.46. The molecule has 0 rings (SSSR count). The van der Waals surface area contributed by atoms with Gasteiger partial charge in [-0.25, -0.2) is 0 Å². The van der Waals surface area contributed by atoms with Crippen molar-refractivity contribution in [2.75, 3.05) is 0 Å². The van der Waals surface area contributed by atoms with Crippen LogP contribution in [0.1, 0.15) is 34.1 Å². The van der Waals surface area contributed by atoms with Gasteiger partial charge in [0.1, 0.15) is 0 Å². The van der Waals surface area contributed by atoms with Crippen molar-refractivity contribution in [2.24, 2.45) is 0 Å². The maximum Gasteiger partial charge on any atom is -0.0134 e. The van der Waals surface area contributed by atoms with Crippen LogP contribution in [0.25, 0.3) is 0 Å². The van der Waals surface area contributed by atoms with E-state index < -0.39 is 0 Å². The minimum absolute atomic E-state index is 1.00.